The standard InChI is InChI=1S/C22H31N10O18P3/c1-29-5-31(15-9(29)17(37)27-21(23)25-15)19-13(35)11(33)7(47-19)3-45-51(39,40)49-53(43,44)50-52(41,42)46-4-8-12(34)14(36)20(48-8)32-6-30(2)10-16(32)26-22(24)28-18(10)38/h5-8,11-14,19-20,33-36H,3-4H2,1-2H3,(H7-2,23,24,25,26,27,28,37,38,39,40,41,42,43,44)/p-1/t7-,8?,11-,12-,13-,14-,19-,20-/m1/s1. The summed E-state index contributed by atoms with van der Waals surface area (Å²) < 4.78 is 69.2. The average molecular weight is 815 g/mol. The molecule has 2 fully saturated rings. The Morgan fingerprint density at radius 3 is 1.45 bits per heavy atom. The number of aryl methyl sites for hydroxylation is 2. The lowest BCUT2D eigenvalue weighted by molar-refractivity contribution is -0.746. The molecule has 0 amide bonds. The number of aliphatic hydroxyl groups excluding tert-OH is 4. The van der Waals surface area contributed by atoms with Crippen molar-refractivity contribution in [2.24, 2.45) is 14.1 Å². The van der Waals surface area contributed by atoms with Crippen LogP contribution in [-0.4, -0.2) is 99.3 Å². The molecule has 6 rings (SSSR count). The molecule has 0 spiro atoms. The number of hydrogen-bond acceptors (Lipinski definition) is 22. The summed E-state index contributed by atoms with van der Waals surface area (Å²) in [6, 6.07) is 0. The molecular formula is C22H30N10O18P3-. The molecule has 0 saturated carbocycles. The molecule has 0 radical (unpaired) electrons. The average Bonchev–Trinajstić information content (AvgIpc) is 3.71. The molecule has 0 aromatic carbocycles. The molecular weight excluding hydrogens is 785 g/mol. The van der Waals surface area contributed by atoms with Gasteiger partial charge in [-0.15, -0.1) is 0 Å². The lowest BCUT2D eigenvalue weighted by Crippen LogP contribution is -2.46. The quantitative estimate of drug-likeness (QED) is 0.0486. The van der Waals surface area contributed by atoms with Gasteiger partial charge in [0.2, 0.25) is 23.5 Å². The number of aromatic nitrogens is 8. The van der Waals surface area contributed by atoms with Gasteiger partial charge in [0.15, 0.2) is 12.7 Å². The number of H-pyrrole nitrogens is 2. The van der Waals surface area contributed by atoms with Gasteiger partial charge >= 0.3 is 11.3 Å². The first kappa shape index (κ1) is 39.2. The summed E-state index contributed by atoms with van der Waals surface area (Å²) in [6.45, 7) is -2.37. The molecule has 4 aromatic heterocycles. The summed E-state index contributed by atoms with van der Waals surface area (Å²) >= 11 is 0. The Labute approximate surface area is 293 Å². The minimum absolute atomic E-state index is 0.0106. The topological polar surface area (TPSA) is 418 Å². The third-order valence-electron chi connectivity index (χ3n) is 8.00. The molecule has 10 N–H and O–H groups in total. The lowest BCUT2D eigenvalue weighted by atomic mass is 10.1. The molecule has 0 bridgehead atoms. The summed E-state index contributed by atoms with van der Waals surface area (Å²) in [7, 11) is -15.5. The predicted octanol–water partition coefficient (Wildman–Crippen LogP) is -7.01. The zero-order valence-corrected chi connectivity index (χ0v) is 29.6. The van der Waals surface area contributed by atoms with Crippen LogP contribution < -0.4 is 46.4 Å². The first-order valence-electron chi connectivity index (χ1n) is 14.8. The van der Waals surface area contributed by atoms with Crippen LogP contribution in [0.15, 0.2) is 22.2 Å². The van der Waals surface area contributed by atoms with Crippen LogP contribution in [0.5, 0.6) is 0 Å². The van der Waals surface area contributed by atoms with Crippen molar-refractivity contribution in [1.82, 2.24) is 29.1 Å². The number of hydrogen-bond donors (Lipinski definition) is 8. The Bertz CT molecular complexity index is 2170. The van der Waals surface area contributed by atoms with Crippen LogP contribution in [0.4, 0.5) is 11.9 Å². The zero-order valence-electron chi connectivity index (χ0n) is 26.9. The molecule has 28 nitrogen and oxygen atoms in total. The van der Waals surface area contributed by atoms with Crippen molar-refractivity contribution >= 4 is 57.7 Å². The maximum atomic E-state index is 12.3. The number of phosphoric ester groups is 2. The van der Waals surface area contributed by atoms with Gasteiger partial charge in [-0.05, 0) is 0 Å². The van der Waals surface area contributed by atoms with Crippen LogP contribution in [0.3, 0.4) is 0 Å². The number of nitrogens with zero attached hydrogens (tertiary/aromatic N) is 6. The molecule has 6 heterocycles. The summed E-state index contributed by atoms with van der Waals surface area (Å²) in [4.78, 5) is 74.1. The molecule has 292 valence electrons. The number of rotatable bonds is 12. The van der Waals surface area contributed by atoms with E-state index in [-0.39, 0.29) is 34.2 Å². The fraction of sp³-hybridized carbons (Fsp3) is 0.545. The SMILES string of the molecule is Cn1c[n+]([C@@H]2O[C@H](COP(=O)([O-])OP(=O)([O-])OP(=O)([O-])OCC3O[C@@H]([n+]4cn(C)c5c(=O)[nH]c(N)nc54)[C@H](O)[C@@H]3O)[C@@H](O)[C@H]2O)c2nc(N)[nH]c(=O)c21. The van der Waals surface area contributed by atoms with Gasteiger partial charge in [0, 0.05) is 0 Å². The van der Waals surface area contributed by atoms with E-state index in [1.165, 1.54) is 35.9 Å². The molecule has 53 heavy (non-hydrogen) atoms. The number of imidazole rings is 2. The van der Waals surface area contributed by atoms with Crippen molar-refractivity contribution in [3.8, 4) is 0 Å². The Morgan fingerprint density at radius 2 is 1.09 bits per heavy atom. The Hall–Kier alpha value is -3.53. The second-order valence-electron chi connectivity index (χ2n) is 11.7. The first-order chi connectivity index (χ1) is 24.6. The second kappa shape index (κ2) is 14.0. The van der Waals surface area contributed by atoms with E-state index in [2.05, 4.69) is 37.6 Å². The Kier molecular flexibility index (Phi) is 10.3. The molecule has 2 aliphatic rings. The van der Waals surface area contributed by atoms with Crippen molar-refractivity contribution in [3.05, 3.63) is 33.4 Å². The number of aliphatic hydroxyl groups is 4. The van der Waals surface area contributed by atoms with Gasteiger partial charge in [-0.2, -0.15) is 0 Å². The zero-order chi connectivity index (χ0) is 38.9. The summed E-state index contributed by atoms with van der Waals surface area (Å²) in [5.74, 6) is -0.595. The van der Waals surface area contributed by atoms with E-state index >= 15 is 0 Å². The minimum Gasteiger partial charge on any atom is -0.756 e. The van der Waals surface area contributed by atoms with Gasteiger partial charge in [0.25, 0.3) is 46.5 Å². The largest absolute Gasteiger partial charge is 0.756 e. The van der Waals surface area contributed by atoms with E-state index in [4.69, 9.17) is 20.9 Å². The van der Waals surface area contributed by atoms with Crippen LogP contribution in [0, 0.1) is 0 Å². The van der Waals surface area contributed by atoms with Crippen LogP contribution >= 0.6 is 23.5 Å². The number of anilines is 2. The number of nitrogens with one attached hydrogen (secondary N) is 2. The van der Waals surface area contributed by atoms with Crippen molar-refractivity contribution in [2.45, 2.75) is 49.1 Å². The van der Waals surface area contributed by atoms with Crippen LogP contribution in [-0.2, 0) is 54.9 Å². The Balaban J connectivity index is 1.05. The highest BCUT2D eigenvalue weighted by atomic mass is 31.3. The third kappa shape index (κ3) is 7.72. The van der Waals surface area contributed by atoms with E-state index < -0.39 is 96.9 Å². The van der Waals surface area contributed by atoms with Crippen molar-refractivity contribution in [2.75, 3.05) is 24.7 Å². The number of ether oxygens (including phenoxy) is 2. The highest BCUT2D eigenvalue weighted by molar-refractivity contribution is 7.65. The maximum Gasteiger partial charge on any atom is 0.313 e. The van der Waals surface area contributed by atoms with Crippen LogP contribution in [0.1, 0.15) is 12.5 Å². The number of fused-ring (bicyclic) bond motifs is 2. The molecule has 11 atom stereocenters. The second-order valence-corrected chi connectivity index (χ2v) is 16.2. The molecule has 31 heteroatoms. The fourth-order valence-corrected chi connectivity index (χ4v) is 9.12. The summed E-state index contributed by atoms with van der Waals surface area (Å²) in [5.41, 5.74) is 9.68. The van der Waals surface area contributed by atoms with Crippen LogP contribution in [0.2, 0.25) is 0 Å². The molecule has 4 unspecified atom stereocenters. The number of nitrogen functional groups attached to an aromatic ring is 2. The van der Waals surface area contributed by atoms with E-state index in [1.807, 2.05) is 0 Å². The van der Waals surface area contributed by atoms with E-state index in [9.17, 15) is 58.4 Å². The predicted molar refractivity (Wildman–Crippen MR) is 161 cm³/mol. The number of phosphoric acid groups is 3. The van der Waals surface area contributed by atoms with E-state index in [0.717, 1.165) is 9.13 Å². The smallest absolute Gasteiger partial charge is 0.313 e. The van der Waals surface area contributed by atoms with Gasteiger partial charge in [0.1, 0.15) is 36.6 Å². The van der Waals surface area contributed by atoms with Gasteiger partial charge in [0.05, 0.1) is 27.3 Å². The van der Waals surface area contributed by atoms with Gasteiger partial charge in [-0.1, -0.05) is 9.97 Å². The Morgan fingerprint density at radius 1 is 0.736 bits per heavy atom. The number of nitrogens with two attached hydrogens (primary N) is 2. The van der Waals surface area contributed by atoms with E-state index in [1.54, 1.807) is 0 Å². The van der Waals surface area contributed by atoms with Gasteiger partial charge < -0.3 is 65.1 Å². The molecule has 2 aliphatic heterocycles. The monoisotopic (exact) mass is 815 g/mol. The number of aromatic amines is 2. The maximum absolute atomic E-state index is 12.3. The van der Waals surface area contributed by atoms with Gasteiger partial charge in [-0.3, -0.25) is 42.4 Å². The van der Waals surface area contributed by atoms with Crippen molar-refractivity contribution in [1.29, 1.82) is 0 Å². The highest BCUT2D eigenvalue weighted by Crippen LogP contribution is 2.63. The normalized spacial score (nSPS) is 29.8. The van der Waals surface area contributed by atoms with Crippen LogP contribution in [0.25, 0.3) is 22.3 Å². The molecule has 4 aromatic rings. The lowest BCUT2D eigenvalue weighted by Gasteiger charge is -2.34. The third-order valence-corrected chi connectivity index (χ3v) is 12.1. The fourth-order valence-electron chi connectivity index (χ4n) is 5.74. The molecule has 0 aliphatic carbocycles. The van der Waals surface area contributed by atoms with Gasteiger partial charge in [-0.25, -0.2) is 17.8 Å². The van der Waals surface area contributed by atoms with Crippen molar-refractivity contribution in [3.63, 3.8) is 0 Å². The summed E-state index contributed by atoms with van der Waals surface area (Å²) in [6.07, 6.45) is -11.1. The van der Waals surface area contributed by atoms with E-state index in [0.29, 0.717) is 0 Å². The highest BCUT2D eigenvalue weighted by Gasteiger charge is 2.49. The first-order valence-corrected chi connectivity index (χ1v) is 19.2. The minimum atomic E-state index is -6.38. The summed E-state index contributed by atoms with van der Waals surface area (Å²) in [5, 5.41) is 42.1. The molecule has 2 saturated heterocycles. The van der Waals surface area contributed by atoms with Crippen molar-refractivity contribution < 1.29 is 85.1 Å².